The summed E-state index contributed by atoms with van der Waals surface area (Å²) in [5.41, 5.74) is 1.62. The maximum Gasteiger partial charge on any atom is 0.256 e. The van der Waals surface area contributed by atoms with E-state index in [0.29, 0.717) is 18.5 Å². The highest BCUT2D eigenvalue weighted by Crippen LogP contribution is 2.42. The Morgan fingerprint density at radius 2 is 1.96 bits per heavy atom. The highest BCUT2D eigenvalue weighted by Gasteiger charge is 2.36. The van der Waals surface area contributed by atoms with Gasteiger partial charge in [0.05, 0.1) is 29.8 Å². The van der Waals surface area contributed by atoms with Crippen molar-refractivity contribution < 1.29 is 13.9 Å². The molecule has 120 valence electrons. The number of aromatic nitrogens is 2. The summed E-state index contributed by atoms with van der Waals surface area (Å²) in [6.07, 6.45) is 0.625. The van der Waals surface area contributed by atoms with Crippen LogP contribution in [0.25, 0.3) is 10.5 Å². The van der Waals surface area contributed by atoms with Gasteiger partial charge in [0.25, 0.3) is 5.69 Å². The minimum atomic E-state index is -0.910. The molecule has 4 nitrogen and oxygen atoms in total. The van der Waals surface area contributed by atoms with Gasteiger partial charge in [-0.05, 0) is 37.3 Å². The van der Waals surface area contributed by atoms with Crippen LogP contribution in [0, 0.1) is 30.5 Å². The maximum atomic E-state index is 13.9. The van der Waals surface area contributed by atoms with Gasteiger partial charge in [-0.1, -0.05) is 13.8 Å². The summed E-state index contributed by atoms with van der Waals surface area (Å²) in [6.45, 7) is 12.7. The fourth-order valence-electron chi connectivity index (χ4n) is 3.34. The van der Waals surface area contributed by atoms with E-state index in [-0.39, 0.29) is 11.1 Å². The first-order valence-corrected chi connectivity index (χ1v) is 7.37. The number of rotatable bonds is 1. The van der Waals surface area contributed by atoms with Crippen LogP contribution in [-0.2, 0) is 6.42 Å². The molecule has 0 amide bonds. The summed E-state index contributed by atoms with van der Waals surface area (Å²) in [7, 11) is 0. The van der Waals surface area contributed by atoms with Gasteiger partial charge in [0, 0.05) is 5.56 Å². The second kappa shape index (κ2) is 5.14. The van der Waals surface area contributed by atoms with E-state index in [1.54, 1.807) is 6.92 Å². The topological polar surface area (TPSA) is 42.4 Å². The van der Waals surface area contributed by atoms with Crippen molar-refractivity contribution in [2.45, 2.75) is 39.7 Å². The smallest absolute Gasteiger partial charge is 0.256 e. The molecule has 1 N–H and O–H groups in total. The zero-order chi connectivity index (χ0) is 16.9. The fourth-order valence-corrected chi connectivity index (χ4v) is 3.34. The van der Waals surface area contributed by atoms with Crippen LogP contribution >= 0.6 is 0 Å². The third-order valence-electron chi connectivity index (χ3n) is 4.29. The van der Waals surface area contributed by atoms with Crippen LogP contribution in [0.4, 0.5) is 14.5 Å². The lowest BCUT2D eigenvalue weighted by Crippen LogP contribution is -2.27. The molecular formula is C17H17F2N3O. The van der Waals surface area contributed by atoms with E-state index in [1.165, 1.54) is 4.68 Å². The number of halogens is 2. The minimum Gasteiger partial charge on any atom is -0.388 e. The number of fused-ring (bicyclic) bond motifs is 1. The van der Waals surface area contributed by atoms with Gasteiger partial charge in [0.1, 0.15) is 11.6 Å². The lowest BCUT2D eigenvalue weighted by Gasteiger charge is -2.33. The number of benzene rings is 1. The summed E-state index contributed by atoms with van der Waals surface area (Å²) < 4.78 is 29.3. The highest BCUT2D eigenvalue weighted by molar-refractivity contribution is 5.53. The van der Waals surface area contributed by atoms with Crippen LogP contribution in [0.5, 0.6) is 0 Å². The zero-order valence-electron chi connectivity index (χ0n) is 13.2. The van der Waals surface area contributed by atoms with E-state index < -0.39 is 23.4 Å². The molecule has 1 heterocycles. The first-order chi connectivity index (χ1) is 10.7. The number of hydrogen-bond acceptors (Lipinski definition) is 2. The molecule has 0 radical (unpaired) electrons. The molecule has 1 aromatic heterocycles. The van der Waals surface area contributed by atoms with Gasteiger partial charge in [-0.2, -0.15) is 5.10 Å². The van der Waals surface area contributed by atoms with Crippen molar-refractivity contribution in [1.29, 1.82) is 0 Å². The van der Waals surface area contributed by atoms with Crippen molar-refractivity contribution >= 4 is 5.69 Å². The fraction of sp³-hybridized carbons (Fsp3) is 0.412. The van der Waals surface area contributed by atoms with Crippen molar-refractivity contribution in [3.8, 4) is 5.69 Å². The molecule has 1 atom stereocenters. The summed E-state index contributed by atoms with van der Waals surface area (Å²) in [4.78, 5) is 2.86. The van der Waals surface area contributed by atoms with Gasteiger partial charge in [-0.25, -0.2) is 18.3 Å². The normalized spacial score (nSPS) is 19.3. The molecule has 0 saturated heterocycles. The van der Waals surface area contributed by atoms with E-state index in [9.17, 15) is 13.9 Å². The minimum absolute atomic E-state index is 0.135. The van der Waals surface area contributed by atoms with Crippen LogP contribution in [-0.4, -0.2) is 14.9 Å². The van der Waals surface area contributed by atoms with Gasteiger partial charge in [0.2, 0.25) is 0 Å². The van der Waals surface area contributed by atoms with Crippen LogP contribution in [0.2, 0.25) is 0 Å². The van der Waals surface area contributed by atoms with E-state index >= 15 is 0 Å². The van der Waals surface area contributed by atoms with Gasteiger partial charge >= 0.3 is 0 Å². The maximum absolute atomic E-state index is 13.9. The third-order valence-corrected chi connectivity index (χ3v) is 4.29. The Labute approximate surface area is 133 Å². The van der Waals surface area contributed by atoms with Crippen molar-refractivity contribution in [1.82, 2.24) is 9.78 Å². The molecule has 3 rings (SSSR count). The number of nitrogens with zero attached hydrogens (tertiary/aromatic N) is 3. The number of aliphatic hydroxyl groups excluding tert-OH is 1. The van der Waals surface area contributed by atoms with E-state index in [1.807, 2.05) is 13.8 Å². The number of hydrogen-bond donors (Lipinski definition) is 1. The van der Waals surface area contributed by atoms with Gasteiger partial charge in [-0.15, -0.1) is 0 Å². The molecular weight excluding hydrogens is 300 g/mol. The average Bonchev–Trinajstić information content (AvgIpc) is 2.73. The quantitative estimate of drug-likeness (QED) is 0.807. The molecule has 0 bridgehead atoms. The van der Waals surface area contributed by atoms with E-state index in [4.69, 9.17) is 6.57 Å². The van der Waals surface area contributed by atoms with Crippen molar-refractivity contribution in [2.24, 2.45) is 5.41 Å². The Kier molecular flexibility index (Phi) is 3.49. The molecule has 1 unspecified atom stereocenters. The highest BCUT2D eigenvalue weighted by atomic mass is 19.1. The van der Waals surface area contributed by atoms with Gasteiger partial charge < -0.3 is 5.11 Å². The van der Waals surface area contributed by atoms with Crippen LogP contribution in [0.1, 0.15) is 43.3 Å². The van der Waals surface area contributed by atoms with Crippen LogP contribution in [0.15, 0.2) is 12.1 Å². The van der Waals surface area contributed by atoms with Gasteiger partial charge in [0.15, 0.2) is 0 Å². The number of aryl methyl sites for hydroxylation is 1. The average molecular weight is 317 g/mol. The van der Waals surface area contributed by atoms with E-state index in [2.05, 4.69) is 9.94 Å². The molecule has 1 aromatic carbocycles. The molecule has 1 aliphatic carbocycles. The molecule has 0 saturated carbocycles. The molecule has 6 heteroatoms. The first kappa shape index (κ1) is 15.6. The summed E-state index contributed by atoms with van der Waals surface area (Å²) in [5.74, 6) is -1.82. The second-order valence-corrected chi connectivity index (χ2v) is 6.79. The molecule has 23 heavy (non-hydrogen) atoms. The van der Waals surface area contributed by atoms with Crippen molar-refractivity contribution in [3.63, 3.8) is 0 Å². The Balaban J connectivity index is 2.20. The predicted molar refractivity (Wildman–Crippen MR) is 81.5 cm³/mol. The lowest BCUT2D eigenvalue weighted by molar-refractivity contribution is 0.0982. The van der Waals surface area contributed by atoms with Crippen molar-refractivity contribution in [3.05, 3.63) is 52.1 Å². The number of aliphatic hydroxyl groups is 1. The standard InChI is InChI=1S/C17H17F2N3O/c1-9-15-13(7-17(2,3)8-14(15)23)22(21-9)10-5-11(18)16(20-4)12(19)6-10/h5-6,14,23H,7-8H2,1-3H3. The molecule has 1 aliphatic rings. The molecule has 2 aromatic rings. The SMILES string of the molecule is [C-]#[N+]c1c(F)cc(-n2nc(C)c3c2CC(C)(C)CC3O)cc1F. The zero-order valence-corrected chi connectivity index (χ0v) is 13.2. The Morgan fingerprint density at radius 3 is 2.52 bits per heavy atom. The van der Waals surface area contributed by atoms with Crippen molar-refractivity contribution in [2.75, 3.05) is 0 Å². The summed E-state index contributed by atoms with van der Waals surface area (Å²) in [5, 5.41) is 14.8. The summed E-state index contributed by atoms with van der Waals surface area (Å²) in [6, 6.07) is 2.22. The molecule has 0 spiro atoms. The monoisotopic (exact) mass is 317 g/mol. The van der Waals surface area contributed by atoms with Crippen LogP contribution < -0.4 is 0 Å². The molecule has 0 fully saturated rings. The Hall–Kier alpha value is -2.26. The predicted octanol–water partition coefficient (Wildman–Crippen LogP) is 4.02. The second-order valence-electron chi connectivity index (χ2n) is 6.79. The summed E-state index contributed by atoms with van der Waals surface area (Å²) >= 11 is 0. The lowest BCUT2D eigenvalue weighted by atomic mass is 9.75. The third kappa shape index (κ3) is 2.51. The Bertz CT molecular complexity index is 810. The van der Waals surface area contributed by atoms with E-state index in [0.717, 1.165) is 23.4 Å². The Morgan fingerprint density at radius 1 is 1.35 bits per heavy atom. The largest absolute Gasteiger partial charge is 0.388 e. The molecule has 0 aliphatic heterocycles. The first-order valence-electron chi connectivity index (χ1n) is 7.37. The van der Waals surface area contributed by atoms with Crippen LogP contribution in [0.3, 0.4) is 0 Å². The van der Waals surface area contributed by atoms with Gasteiger partial charge in [-0.3, -0.25) is 0 Å².